The number of hydrogen-bond acceptors (Lipinski definition) is 2. The zero-order chi connectivity index (χ0) is 11.6. The van der Waals surface area contributed by atoms with E-state index in [0.717, 1.165) is 12.1 Å². The Morgan fingerprint density at radius 1 is 1.06 bits per heavy atom. The molecule has 1 aliphatic heterocycles. The van der Waals surface area contributed by atoms with Gasteiger partial charge in [-0.1, -0.05) is 13.8 Å². The Morgan fingerprint density at radius 2 is 1.88 bits per heavy atom. The van der Waals surface area contributed by atoms with Gasteiger partial charge >= 0.3 is 0 Å². The highest BCUT2D eigenvalue weighted by Crippen LogP contribution is 2.40. The molecule has 94 valence electrons. The van der Waals surface area contributed by atoms with Crippen molar-refractivity contribution in [2.45, 2.75) is 64.5 Å². The van der Waals surface area contributed by atoms with E-state index in [1.165, 1.54) is 51.6 Å². The summed E-state index contributed by atoms with van der Waals surface area (Å²) in [4.78, 5) is 2.70. The highest BCUT2D eigenvalue weighted by Gasteiger charge is 2.35. The Bertz CT molecular complexity index is 212. The third kappa shape index (κ3) is 2.98. The van der Waals surface area contributed by atoms with Gasteiger partial charge in [-0.15, -0.1) is 0 Å². The third-order valence-electron chi connectivity index (χ3n) is 4.64. The van der Waals surface area contributed by atoms with E-state index in [9.17, 15) is 0 Å². The van der Waals surface area contributed by atoms with Crippen molar-refractivity contribution in [3.63, 3.8) is 0 Å². The summed E-state index contributed by atoms with van der Waals surface area (Å²) in [5, 5.41) is 3.51. The Hall–Kier alpha value is -0.0800. The number of rotatable bonds is 2. The summed E-state index contributed by atoms with van der Waals surface area (Å²) in [7, 11) is 2.36. The first kappa shape index (κ1) is 12.4. The third-order valence-corrected chi connectivity index (χ3v) is 4.64. The molecule has 0 aromatic heterocycles. The SMILES string of the molecule is CN(C1CCCNCC1)C1CCC(C)(C)C1. The van der Waals surface area contributed by atoms with Gasteiger partial charge in [0, 0.05) is 12.1 Å². The van der Waals surface area contributed by atoms with Crippen LogP contribution in [0.4, 0.5) is 0 Å². The van der Waals surface area contributed by atoms with Crippen LogP contribution in [0.15, 0.2) is 0 Å². The van der Waals surface area contributed by atoms with Gasteiger partial charge in [0.05, 0.1) is 0 Å². The zero-order valence-electron chi connectivity index (χ0n) is 11.3. The van der Waals surface area contributed by atoms with Crippen LogP contribution in [0.25, 0.3) is 0 Å². The van der Waals surface area contributed by atoms with Crippen LogP contribution in [0.2, 0.25) is 0 Å². The van der Waals surface area contributed by atoms with Crippen molar-refractivity contribution in [3.8, 4) is 0 Å². The fourth-order valence-corrected chi connectivity index (χ4v) is 3.45. The summed E-state index contributed by atoms with van der Waals surface area (Å²) in [6.45, 7) is 7.29. The second-order valence-corrected chi connectivity index (χ2v) is 6.56. The quantitative estimate of drug-likeness (QED) is 0.776. The van der Waals surface area contributed by atoms with E-state index in [-0.39, 0.29) is 0 Å². The second-order valence-electron chi connectivity index (χ2n) is 6.56. The van der Waals surface area contributed by atoms with Gasteiger partial charge in [0.15, 0.2) is 0 Å². The molecule has 0 bridgehead atoms. The molecule has 2 fully saturated rings. The molecule has 2 rings (SSSR count). The van der Waals surface area contributed by atoms with E-state index in [1.54, 1.807) is 0 Å². The molecule has 2 nitrogen and oxygen atoms in total. The maximum atomic E-state index is 3.51. The first-order valence-electron chi connectivity index (χ1n) is 7.01. The Balaban J connectivity index is 1.88. The van der Waals surface area contributed by atoms with Crippen LogP contribution in [-0.4, -0.2) is 37.1 Å². The molecule has 1 heterocycles. The van der Waals surface area contributed by atoms with Crippen LogP contribution in [0.5, 0.6) is 0 Å². The lowest BCUT2D eigenvalue weighted by molar-refractivity contribution is 0.153. The topological polar surface area (TPSA) is 15.3 Å². The van der Waals surface area contributed by atoms with Gasteiger partial charge in [0.2, 0.25) is 0 Å². The molecule has 1 N–H and O–H groups in total. The molecule has 0 amide bonds. The highest BCUT2D eigenvalue weighted by molar-refractivity contribution is 4.89. The summed E-state index contributed by atoms with van der Waals surface area (Å²) in [5.41, 5.74) is 0.585. The van der Waals surface area contributed by atoms with Gasteiger partial charge < -0.3 is 10.2 Å². The van der Waals surface area contributed by atoms with Crippen LogP contribution in [0.3, 0.4) is 0 Å². The van der Waals surface area contributed by atoms with Crippen molar-refractivity contribution in [1.29, 1.82) is 0 Å². The van der Waals surface area contributed by atoms with E-state index >= 15 is 0 Å². The van der Waals surface area contributed by atoms with E-state index in [1.807, 2.05) is 0 Å². The summed E-state index contributed by atoms with van der Waals surface area (Å²) in [5.74, 6) is 0. The Kier molecular flexibility index (Phi) is 3.91. The maximum Gasteiger partial charge on any atom is 0.0108 e. The number of nitrogens with zero attached hydrogens (tertiary/aromatic N) is 1. The molecular weight excluding hydrogens is 196 g/mol. The molecule has 0 aromatic carbocycles. The lowest BCUT2D eigenvalue weighted by Gasteiger charge is -2.33. The molecule has 2 heteroatoms. The average Bonchev–Trinajstić information content (AvgIpc) is 2.48. The van der Waals surface area contributed by atoms with Crippen LogP contribution < -0.4 is 5.32 Å². The Morgan fingerprint density at radius 3 is 2.56 bits per heavy atom. The van der Waals surface area contributed by atoms with Crippen LogP contribution in [0.1, 0.15) is 52.4 Å². The van der Waals surface area contributed by atoms with Gasteiger partial charge in [-0.2, -0.15) is 0 Å². The lowest BCUT2D eigenvalue weighted by atomic mass is 9.91. The highest BCUT2D eigenvalue weighted by atomic mass is 15.2. The molecular formula is C14H28N2. The summed E-state index contributed by atoms with van der Waals surface area (Å²) < 4.78 is 0. The molecule has 0 aromatic rings. The largest absolute Gasteiger partial charge is 0.317 e. The normalized spacial score (nSPS) is 35.2. The predicted molar refractivity (Wildman–Crippen MR) is 69.7 cm³/mol. The van der Waals surface area contributed by atoms with E-state index < -0.39 is 0 Å². The monoisotopic (exact) mass is 224 g/mol. The van der Waals surface area contributed by atoms with Gasteiger partial charge in [-0.25, -0.2) is 0 Å². The van der Waals surface area contributed by atoms with Crippen molar-refractivity contribution in [1.82, 2.24) is 10.2 Å². The van der Waals surface area contributed by atoms with Gasteiger partial charge in [0.25, 0.3) is 0 Å². The van der Waals surface area contributed by atoms with Crippen molar-refractivity contribution < 1.29 is 0 Å². The van der Waals surface area contributed by atoms with Crippen LogP contribution in [-0.2, 0) is 0 Å². The van der Waals surface area contributed by atoms with Crippen LogP contribution >= 0.6 is 0 Å². The first-order chi connectivity index (χ1) is 7.58. The van der Waals surface area contributed by atoms with Crippen LogP contribution in [0, 0.1) is 5.41 Å². The summed E-state index contributed by atoms with van der Waals surface area (Å²) in [6, 6.07) is 1.67. The zero-order valence-corrected chi connectivity index (χ0v) is 11.3. The van der Waals surface area contributed by atoms with Gasteiger partial charge in [-0.3, -0.25) is 0 Å². The van der Waals surface area contributed by atoms with E-state index in [0.29, 0.717) is 5.41 Å². The van der Waals surface area contributed by atoms with Gasteiger partial charge in [-0.05, 0) is 64.1 Å². The smallest absolute Gasteiger partial charge is 0.0108 e. The molecule has 1 aliphatic carbocycles. The molecule has 2 unspecified atom stereocenters. The molecule has 1 saturated carbocycles. The predicted octanol–water partition coefficient (Wildman–Crippen LogP) is 2.64. The lowest BCUT2D eigenvalue weighted by Crippen LogP contribution is -2.39. The molecule has 0 radical (unpaired) electrons. The van der Waals surface area contributed by atoms with Crippen molar-refractivity contribution >= 4 is 0 Å². The number of nitrogens with one attached hydrogen (secondary N) is 1. The summed E-state index contributed by atoms with van der Waals surface area (Å²) >= 11 is 0. The summed E-state index contributed by atoms with van der Waals surface area (Å²) in [6.07, 6.45) is 8.30. The first-order valence-corrected chi connectivity index (χ1v) is 7.01. The fraction of sp³-hybridized carbons (Fsp3) is 1.00. The molecule has 16 heavy (non-hydrogen) atoms. The Labute approximate surface area is 101 Å². The minimum absolute atomic E-state index is 0.585. The molecule has 2 atom stereocenters. The minimum atomic E-state index is 0.585. The minimum Gasteiger partial charge on any atom is -0.317 e. The molecule has 2 aliphatic rings. The standard InChI is InChI=1S/C14H28N2/c1-14(2)8-6-13(11-14)16(3)12-5-4-9-15-10-7-12/h12-13,15H,4-11H2,1-3H3. The van der Waals surface area contributed by atoms with Crippen molar-refractivity contribution in [3.05, 3.63) is 0 Å². The molecule has 1 saturated heterocycles. The van der Waals surface area contributed by atoms with Crippen molar-refractivity contribution in [2.75, 3.05) is 20.1 Å². The fourth-order valence-electron chi connectivity index (χ4n) is 3.45. The van der Waals surface area contributed by atoms with Crippen molar-refractivity contribution in [2.24, 2.45) is 5.41 Å². The van der Waals surface area contributed by atoms with Gasteiger partial charge in [0.1, 0.15) is 0 Å². The average molecular weight is 224 g/mol. The second kappa shape index (κ2) is 5.05. The van der Waals surface area contributed by atoms with E-state index in [2.05, 4.69) is 31.1 Å². The number of hydrogen-bond donors (Lipinski definition) is 1. The maximum absolute atomic E-state index is 3.51. The molecule has 0 spiro atoms. The van der Waals surface area contributed by atoms with E-state index in [4.69, 9.17) is 0 Å².